The summed E-state index contributed by atoms with van der Waals surface area (Å²) in [5.41, 5.74) is 6.25. The molecular weight excluding hydrogens is 389 g/mol. The van der Waals surface area contributed by atoms with Gasteiger partial charge in [-0.15, -0.1) is 0 Å². The van der Waals surface area contributed by atoms with Gasteiger partial charge in [0.1, 0.15) is 11.5 Å². The fourth-order valence-corrected chi connectivity index (χ4v) is 3.44. The minimum atomic E-state index is -0.361. The molecule has 0 atom stereocenters. The van der Waals surface area contributed by atoms with E-state index in [-0.39, 0.29) is 54.7 Å². The number of hydrogen-bond acceptors (Lipinski definition) is 5. The first-order valence-electron chi connectivity index (χ1n) is 9.81. The van der Waals surface area contributed by atoms with Crippen LogP contribution in [-0.4, -0.2) is 57.1 Å². The highest BCUT2D eigenvalue weighted by molar-refractivity contribution is 5.92. The molecule has 0 radical (unpaired) electrons. The van der Waals surface area contributed by atoms with Crippen LogP contribution in [0.4, 0.5) is 4.39 Å². The third-order valence-electron chi connectivity index (χ3n) is 5.20. The van der Waals surface area contributed by atoms with Crippen LogP contribution in [0.2, 0.25) is 0 Å². The normalized spacial score (nSPS) is 14.4. The van der Waals surface area contributed by atoms with Crippen LogP contribution in [-0.2, 0) is 16.1 Å². The molecule has 8 nitrogen and oxygen atoms in total. The van der Waals surface area contributed by atoms with Crippen molar-refractivity contribution < 1.29 is 18.8 Å². The molecule has 2 aromatic rings. The van der Waals surface area contributed by atoms with E-state index in [2.05, 4.69) is 9.97 Å². The van der Waals surface area contributed by atoms with Gasteiger partial charge in [-0.3, -0.25) is 19.4 Å². The lowest BCUT2D eigenvalue weighted by atomic mass is 9.96. The smallest absolute Gasteiger partial charge is 0.274 e. The number of nitrogens with two attached hydrogens (primary N) is 1. The number of rotatable bonds is 7. The Balaban J connectivity index is 1.64. The predicted molar refractivity (Wildman–Crippen MR) is 106 cm³/mol. The van der Waals surface area contributed by atoms with Crippen LogP contribution >= 0.6 is 0 Å². The van der Waals surface area contributed by atoms with Crippen molar-refractivity contribution in [3.63, 3.8) is 0 Å². The first-order chi connectivity index (χ1) is 14.4. The maximum absolute atomic E-state index is 13.2. The van der Waals surface area contributed by atoms with Gasteiger partial charge in [0.25, 0.3) is 5.91 Å². The number of carbonyl (C=O) groups is 3. The molecule has 1 aliphatic rings. The molecule has 1 fully saturated rings. The summed E-state index contributed by atoms with van der Waals surface area (Å²) in [6, 6.07) is 5.86. The van der Waals surface area contributed by atoms with Crippen molar-refractivity contribution in [2.75, 3.05) is 19.6 Å². The lowest BCUT2D eigenvalue weighted by molar-refractivity contribution is -0.135. The van der Waals surface area contributed by atoms with Gasteiger partial charge in [0, 0.05) is 50.9 Å². The average Bonchev–Trinajstić information content (AvgIpc) is 2.78. The number of benzene rings is 1. The topological polar surface area (TPSA) is 109 Å². The number of likely N-dealkylation sites (tertiary alicyclic amines) is 1. The summed E-state index contributed by atoms with van der Waals surface area (Å²) in [5, 5.41) is 0. The van der Waals surface area contributed by atoms with Gasteiger partial charge < -0.3 is 15.5 Å². The number of nitrogens with zero attached hydrogens (tertiary/aromatic N) is 4. The fraction of sp³-hybridized carbons (Fsp3) is 0.381. The predicted octanol–water partition coefficient (Wildman–Crippen LogP) is 1.37. The van der Waals surface area contributed by atoms with Crippen molar-refractivity contribution in [3.8, 4) is 0 Å². The highest BCUT2D eigenvalue weighted by Crippen LogP contribution is 2.18. The molecule has 1 aromatic carbocycles. The van der Waals surface area contributed by atoms with E-state index >= 15 is 0 Å². The molecule has 2 heterocycles. The molecule has 3 rings (SSSR count). The van der Waals surface area contributed by atoms with E-state index < -0.39 is 0 Å². The van der Waals surface area contributed by atoms with E-state index in [0.717, 1.165) is 5.56 Å². The van der Waals surface area contributed by atoms with Crippen molar-refractivity contribution in [1.82, 2.24) is 19.8 Å². The SMILES string of the molecule is NC(=O)C1CCN(C(=O)CCN(Cc2ccc(F)cc2)C(=O)c2cnccn2)CC1. The number of halogens is 1. The van der Waals surface area contributed by atoms with Gasteiger partial charge in [-0.1, -0.05) is 12.1 Å². The second kappa shape index (κ2) is 9.91. The first kappa shape index (κ1) is 21.4. The maximum Gasteiger partial charge on any atom is 0.274 e. The molecule has 158 valence electrons. The molecule has 30 heavy (non-hydrogen) atoms. The third kappa shape index (κ3) is 5.59. The molecule has 0 bridgehead atoms. The zero-order chi connectivity index (χ0) is 21.5. The fourth-order valence-electron chi connectivity index (χ4n) is 3.44. The van der Waals surface area contributed by atoms with E-state index in [4.69, 9.17) is 5.73 Å². The highest BCUT2D eigenvalue weighted by Gasteiger charge is 2.26. The van der Waals surface area contributed by atoms with Crippen LogP contribution in [0.25, 0.3) is 0 Å². The quantitative estimate of drug-likeness (QED) is 0.737. The monoisotopic (exact) mass is 413 g/mol. The van der Waals surface area contributed by atoms with E-state index in [1.807, 2.05) is 0 Å². The molecule has 0 unspecified atom stereocenters. The molecule has 1 saturated heterocycles. The second-order valence-electron chi connectivity index (χ2n) is 7.25. The van der Waals surface area contributed by atoms with E-state index in [0.29, 0.717) is 25.9 Å². The zero-order valence-electron chi connectivity index (χ0n) is 16.5. The molecule has 3 amide bonds. The van der Waals surface area contributed by atoms with Crippen LogP contribution in [0, 0.1) is 11.7 Å². The van der Waals surface area contributed by atoms with Crippen molar-refractivity contribution in [1.29, 1.82) is 0 Å². The number of amides is 3. The van der Waals surface area contributed by atoms with Crippen LogP contribution in [0.3, 0.4) is 0 Å². The number of primary amides is 1. The number of piperidine rings is 1. The summed E-state index contributed by atoms with van der Waals surface area (Å²) >= 11 is 0. The standard InChI is InChI=1S/C21H24FN5O3/c22-17-3-1-15(2-4-17)14-27(21(30)18-13-24-8-9-25-18)12-7-19(28)26-10-5-16(6-11-26)20(23)29/h1-4,8-9,13,16H,5-7,10-12,14H2,(H2,23,29). The second-order valence-corrected chi connectivity index (χ2v) is 7.25. The van der Waals surface area contributed by atoms with Gasteiger partial charge in [0.2, 0.25) is 11.8 Å². The molecule has 0 spiro atoms. The Morgan fingerprint density at radius 2 is 1.83 bits per heavy atom. The molecule has 2 N–H and O–H groups in total. The Bertz CT molecular complexity index is 883. The minimum Gasteiger partial charge on any atom is -0.369 e. The third-order valence-corrected chi connectivity index (χ3v) is 5.20. The lowest BCUT2D eigenvalue weighted by Crippen LogP contribution is -2.43. The van der Waals surface area contributed by atoms with Gasteiger partial charge in [-0.2, -0.15) is 0 Å². The van der Waals surface area contributed by atoms with E-state index in [9.17, 15) is 18.8 Å². The van der Waals surface area contributed by atoms with Gasteiger partial charge in [0.15, 0.2) is 0 Å². The molecule has 0 saturated carbocycles. The maximum atomic E-state index is 13.2. The number of aromatic nitrogens is 2. The van der Waals surface area contributed by atoms with Crippen LogP contribution in [0.5, 0.6) is 0 Å². The summed E-state index contributed by atoms with van der Waals surface area (Å²) in [5.74, 6) is -1.33. The molecule has 9 heteroatoms. The van der Waals surface area contributed by atoms with Crippen molar-refractivity contribution in [2.24, 2.45) is 11.7 Å². The summed E-state index contributed by atoms with van der Waals surface area (Å²) in [7, 11) is 0. The molecule has 1 aliphatic heterocycles. The lowest BCUT2D eigenvalue weighted by Gasteiger charge is -2.31. The van der Waals surface area contributed by atoms with Crippen LogP contribution < -0.4 is 5.73 Å². The van der Waals surface area contributed by atoms with Crippen molar-refractivity contribution >= 4 is 17.7 Å². The zero-order valence-corrected chi connectivity index (χ0v) is 16.5. The van der Waals surface area contributed by atoms with Crippen molar-refractivity contribution in [2.45, 2.75) is 25.8 Å². The summed E-state index contributed by atoms with van der Waals surface area (Å²) in [6.45, 7) is 1.35. The van der Waals surface area contributed by atoms with Crippen molar-refractivity contribution in [3.05, 3.63) is 59.9 Å². The van der Waals surface area contributed by atoms with E-state index in [1.54, 1.807) is 17.0 Å². The summed E-state index contributed by atoms with van der Waals surface area (Å²) in [4.78, 5) is 48.0. The highest BCUT2D eigenvalue weighted by atomic mass is 19.1. The summed E-state index contributed by atoms with van der Waals surface area (Å²) < 4.78 is 13.2. The molecule has 1 aromatic heterocycles. The van der Waals surface area contributed by atoms with Gasteiger partial charge >= 0.3 is 0 Å². The van der Waals surface area contributed by atoms with Gasteiger partial charge in [-0.25, -0.2) is 9.37 Å². The number of carbonyl (C=O) groups excluding carboxylic acids is 3. The Morgan fingerprint density at radius 1 is 1.13 bits per heavy atom. The Kier molecular flexibility index (Phi) is 7.05. The largest absolute Gasteiger partial charge is 0.369 e. The van der Waals surface area contributed by atoms with Crippen LogP contribution in [0.15, 0.2) is 42.9 Å². The average molecular weight is 413 g/mol. The Morgan fingerprint density at radius 3 is 2.43 bits per heavy atom. The summed E-state index contributed by atoms with van der Waals surface area (Å²) in [6.07, 6.45) is 5.51. The number of hydrogen-bond donors (Lipinski definition) is 1. The Hall–Kier alpha value is -3.36. The van der Waals surface area contributed by atoms with E-state index in [1.165, 1.54) is 35.6 Å². The molecular formula is C21H24FN5O3. The minimum absolute atomic E-state index is 0.0889. The Labute approximate surface area is 173 Å². The van der Waals surface area contributed by atoms with Crippen LogP contribution in [0.1, 0.15) is 35.3 Å². The first-order valence-corrected chi connectivity index (χ1v) is 9.81. The van der Waals surface area contributed by atoms with Gasteiger partial charge in [-0.05, 0) is 30.5 Å². The van der Waals surface area contributed by atoms with Gasteiger partial charge in [0.05, 0.1) is 6.20 Å². The molecule has 0 aliphatic carbocycles.